The molecule has 0 atom stereocenters. The van der Waals surface area contributed by atoms with Crippen molar-refractivity contribution in [1.82, 2.24) is 10.3 Å². The molecule has 0 saturated carbocycles. The van der Waals surface area contributed by atoms with Crippen LogP contribution in [0, 0.1) is 0 Å². The normalized spacial score (nSPS) is 11.0. The van der Waals surface area contributed by atoms with E-state index in [9.17, 15) is 19.8 Å². The summed E-state index contributed by atoms with van der Waals surface area (Å²) in [5.41, 5.74) is -0.348. The predicted molar refractivity (Wildman–Crippen MR) is 85.4 cm³/mol. The van der Waals surface area contributed by atoms with Gasteiger partial charge in [0.15, 0.2) is 11.4 Å². The van der Waals surface area contributed by atoms with Gasteiger partial charge in [-0.15, -0.1) is 11.3 Å². The number of hydrogen-bond acceptors (Lipinski definition) is 6. The van der Waals surface area contributed by atoms with Crippen LogP contribution in [-0.4, -0.2) is 38.7 Å². The van der Waals surface area contributed by atoms with Crippen molar-refractivity contribution in [3.63, 3.8) is 0 Å². The summed E-state index contributed by atoms with van der Waals surface area (Å²) in [7, 11) is 0. The molecular weight excluding hydrogens is 344 g/mol. The first-order valence-electron chi connectivity index (χ1n) is 6.32. The number of benzene rings is 1. The standard InChI is InChI=1S/C14H9ClN2O5S/c15-13-9-6-3-5(18)1-2-7(6)23-12(9)11(21)10(17-13)14(22)16-4-8(19)20/h1-3,18,21H,4H2,(H,16,22)(H,19,20). The lowest BCUT2D eigenvalue weighted by molar-refractivity contribution is -0.135. The molecule has 1 amide bonds. The Kier molecular flexibility index (Phi) is 3.70. The molecule has 0 bridgehead atoms. The Balaban J connectivity index is 2.20. The van der Waals surface area contributed by atoms with E-state index in [0.29, 0.717) is 15.5 Å². The molecule has 0 unspecified atom stereocenters. The third-order valence-corrected chi connectivity index (χ3v) is 4.59. The Morgan fingerprint density at radius 2 is 2.04 bits per heavy atom. The molecule has 0 fully saturated rings. The lowest BCUT2D eigenvalue weighted by Crippen LogP contribution is -2.30. The Labute approximate surface area is 137 Å². The van der Waals surface area contributed by atoms with Crippen LogP contribution in [0.3, 0.4) is 0 Å². The van der Waals surface area contributed by atoms with Gasteiger partial charge in [-0.25, -0.2) is 4.98 Å². The third kappa shape index (κ3) is 2.62. The molecule has 9 heteroatoms. The fourth-order valence-electron chi connectivity index (χ4n) is 2.17. The molecule has 118 valence electrons. The molecule has 0 radical (unpaired) electrons. The van der Waals surface area contributed by atoms with E-state index >= 15 is 0 Å². The van der Waals surface area contributed by atoms with E-state index in [0.717, 1.165) is 4.70 Å². The van der Waals surface area contributed by atoms with Crippen molar-refractivity contribution in [2.75, 3.05) is 6.54 Å². The van der Waals surface area contributed by atoms with E-state index in [1.54, 1.807) is 6.07 Å². The smallest absolute Gasteiger partial charge is 0.322 e. The number of halogens is 1. The number of hydrogen-bond donors (Lipinski definition) is 4. The van der Waals surface area contributed by atoms with E-state index in [1.807, 2.05) is 0 Å². The van der Waals surface area contributed by atoms with Gasteiger partial charge < -0.3 is 20.6 Å². The Hall–Kier alpha value is -2.58. The highest BCUT2D eigenvalue weighted by Gasteiger charge is 2.22. The molecule has 2 aromatic heterocycles. The number of nitrogens with zero attached hydrogens (tertiary/aromatic N) is 1. The van der Waals surface area contributed by atoms with Crippen LogP contribution in [-0.2, 0) is 4.79 Å². The minimum atomic E-state index is -1.22. The zero-order valence-electron chi connectivity index (χ0n) is 11.3. The number of phenols is 1. The van der Waals surface area contributed by atoms with Crippen molar-refractivity contribution in [3.8, 4) is 11.5 Å². The number of carbonyl (C=O) groups excluding carboxylic acids is 1. The average molecular weight is 353 g/mol. The zero-order chi connectivity index (χ0) is 16.7. The molecule has 4 N–H and O–H groups in total. The second-order valence-electron chi connectivity index (χ2n) is 4.66. The SMILES string of the molecule is O=C(O)CNC(=O)c1nc(Cl)c2c(sc3ccc(O)cc32)c1O. The third-order valence-electron chi connectivity index (χ3n) is 3.14. The van der Waals surface area contributed by atoms with E-state index in [1.165, 1.54) is 23.5 Å². The highest BCUT2D eigenvalue weighted by molar-refractivity contribution is 7.26. The fourth-order valence-corrected chi connectivity index (χ4v) is 3.64. The summed E-state index contributed by atoms with van der Waals surface area (Å²) < 4.78 is 1.09. The summed E-state index contributed by atoms with van der Waals surface area (Å²) in [5.74, 6) is -2.40. The average Bonchev–Trinajstić information content (AvgIpc) is 2.87. The molecule has 0 aliphatic carbocycles. The number of carboxylic acid groups (broad SMARTS) is 1. The molecule has 23 heavy (non-hydrogen) atoms. The van der Waals surface area contributed by atoms with Gasteiger partial charge >= 0.3 is 5.97 Å². The molecule has 2 heterocycles. The zero-order valence-corrected chi connectivity index (χ0v) is 12.9. The van der Waals surface area contributed by atoms with Gasteiger partial charge in [0.2, 0.25) is 0 Å². The largest absolute Gasteiger partial charge is 0.508 e. The van der Waals surface area contributed by atoms with E-state index in [2.05, 4.69) is 10.3 Å². The van der Waals surface area contributed by atoms with Crippen LogP contribution in [0.4, 0.5) is 0 Å². The van der Waals surface area contributed by atoms with Gasteiger partial charge in [0.25, 0.3) is 5.91 Å². The Bertz CT molecular complexity index is 969. The number of pyridine rings is 1. The first-order chi connectivity index (χ1) is 10.9. The quantitative estimate of drug-likeness (QED) is 0.537. The van der Waals surface area contributed by atoms with Crippen LogP contribution in [0.15, 0.2) is 18.2 Å². The molecule has 0 saturated heterocycles. The number of aromatic nitrogens is 1. The van der Waals surface area contributed by atoms with E-state index < -0.39 is 18.4 Å². The van der Waals surface area contributed by atoms with Crippen molar-refractivity contribution in [2.45, 2.75) is 0 Å². The summed E-state index contributed by atoms with van der Waals surface area (Å²) in [6.07, 6.45) is 0. The summed E-state index contributed by atoms with van der Waals surface area (Å²) in [6, 6.07) is 4.65. The van der Waals surface area contributed by atoms with Gasteiger partial charge in [-0.2, -0.15) is 0 Å². The van der Waals surface area contributed by atoms with Crippen molar-refractivity contribution >= 4 is 55.0 Å². The highest BCUT2D eigenvalue weighted by Crippen LogP contribution is 2.43. The predicted octanol–water partition coefficient (Wildman–Crippen LogP) is 2.33. The van der Waals surface area contributed by atoms with E-state index in [-0.39, 0.29) is 22.3 Å². The number of thiophene rings is 1. The van der Waals surface area contributed by atoms with Crippen LogP contribution in [0.1, 0.15) is 10.5 Å². The summed E-state index contributed by atoms with van der Waals surface area (Å²) >= 11 is 7.31. The van der Waals surface area contributed by atoms with Gasteiger partial charge in [-0.05, 0) is 18.2 Å². The van der Waals surface area contributed by atoms with Crippen LogP contribution < -0.4 is 5.32 Å². The summed E-state index contributed by atoms with van der Waals surface area (Å²) in [5, 5.41) is 31.6. The van der Waals surface area contributed by atoms with Gasteiger partial charge in [0.1, 0.15) is 17.4 Å². The number of nitrogens with one attached hydrogen (secondary N) is 1. The maximum atomic E-state index is 11.9. The monoisotopic (exact) mass is 352 g/mol. The van der Waals surface area contributed by atoms with Crippen LogP contribution in [0.2, 0.25) is 5.15 Å². The number of fused-ring (bicyclic) bond motifs is 3. The van der Waals surface area contributed by atoms with Gasteiger partial charge in [0, 0.05) is 15.5 Å². The minimum absolute atomic E-state index is 0.0184. The lowest BCUT2D eigenvalue weighted by Gasteiger charge is -2.06. The topological polar surface area (TPSA) is 120 Å². The maximum absolute atomic E-state index is 11.9. The summed E-state index contributed by atoms with van der Waals surface area (Å²) in [4.78, 5) is 26.3. The highest BCUT2D eigenvalue weighted by atomic mass is 35.5. The van der Waals surface area contributed by atoms with Gasteiger partial charge in [-0.3, -0.25) is 9.59 Å². The number of aliphatic carboxylic acids is 1. The number of aromatic hydroxyl groups is 2. The minimum Gasteiger partial charge on any atom is -0.508 e. The van der Waals surface area contributed by atoms with E-state index in [4.69, 9.17) is 16.7 Å². The number of carbonyl (C=O) groups is 2. The Morgan fingerprint density at radius 3 is 2.74 bits per heavy atom. The fraction of sp³-hybridized carbons (Fsp3) is 0.0714. The molecule has 0 spiro atoms. The molecule has 3 aromatic rings. The summed E-state index contributed by atoms with van der Waals surface area (Å²) in [6.45, 7) is -0.601. The molecule has 7 nitrogen and oxygen atoms in total. The number of phenolic OH excluding ortho intramolecular Hbond substituents is 1. The van der Waals surface area contributed by atoms with Crippen LogP contribution in [0.25, 0.3) is 20.2 Å². The molecule has 1 aromatic carbocycles. The van der Waals surface area contributed by atoms with Gasteiger partial charge in [-0.1, -0.05) is 11.6 Å². The number of carboxylic acids is 1. The van der Waals surface area contributed by atoms with Crippen molar-refractivity contribution < 1.29 is 24.9 Å². The molecule has 3 rings (SSSR count). The first-order valence-corrected chi connectivity index (χ1v) is 7.51. The van der Waals surface area contributed by atoms with Crippen molar-refractivity contribution in [2.24, 2.45) is 0 Å². The molecule has 0 aliphatic rings. The van der Waals surface area contributed by atoms with Crippen molar-refractivity contribution in [3.05, 3.63) is 29.0 Å². The second kappa shape index (κ2) is 5.56. The second-order valence-corrected chi connectivity index (χ2v) is 6.07. The van der Waals surface area contributed by atoms with Crippen LogP contribution >= 0.6 is 22.9 Å². The Morgan fingerprint density at radius 1 is 1.30 bits per heavy atom. The first kappa shape index (κ1) is 15.3. The molecular formula is C14H9ClN2O5S. The number of amides is 1. The maximum Gasteiger partial charge on any atom is 0.322 e. The lowest BCUT2D eigenvalue weighted by atomic mass is 10.1. The van der Waals surface area contributed by atoms with Crippen molar-refractivity contribution in [1.29, 1.82) is 0 Å². The van der Waals surface area contributed by atoms with Gasteiger partial charge in [0.05, 0.1) is 4.70 Å². The van der Waals surface area contributed by atoms with Crippen LogP contribution in [0.5, 0.6) is 11.5 Å². The number of rotatable bonds is 3. The molecule has 0 aliphatic heterocycles.